The fourth-order valence-corrected chi connectivity index (χ4v) is 3.03. The Morgan fingerprint density at radius 3 is 2.82 bits per heavy atom. The molecule has 1 saturated heterocycles. The van der Waals surface area contributed by atoms with Crippen LogP contribution in [-0.2, 0) is 9.47 Å². The molecule has 17 heavy (non-hydrogen) atoms. The number of alkyl halides is 1. The van der Waals surface area contributed by atoms with E-state index in [1.165, 1.54) is 32.2 Å². The van der Waals surface area contributed by atoms with Crippen molar-refractivity contribution in [2.45, 2.75) is 38.1 Å². The van der Waals surface area contributed by atoms with E-state index in [-0.39, 0.29) is 0 Å². The van der Waals surface area contributed by atoms with E-state index in [1.807, 2.05) is 0 Å². The summed E-state index contributed by atoms with van der Waals surface area (Å²) in [6.45, 7) is 4.78. The molecular weight excluding hydrogens is 282 g/mol. The van der Waals surface area contributed by atoms with Crippen LogP contribution >= 0.6 is 15.9 Å². The molecule has 1 fully saturated rings. The van der Waals surface area contributed by atoms with Crippen molar-refractivity contribution in [3.8, 4) is 0 Å². The van der Waals surface area contributed by atoms with Crippen LogP contribution in [0.1, 0.15) is 32.1 Å². The largest absolute Gasteiger partial charge is 0.385 e. The molecule has 0 aromatic carbocycles. The summed E-state index contributed by atoms with van der Waals surface area (Å²) in [5.41, 5.74) is 0. The average molecular weight is 308 g/mol. The van der Waals surface area contributed by atoms with Crippen LogP contribution in [0.3, 0.4) is 0 Å². The molecule has 1 heterocycles. The molecule has 1 aliphatic heterocycles. The number of hydrogen-bond acceptors (Lipinski definition) is 3. The van der Waals surface area contributed by atoms with Gasteiger partial charge in [-0.25, -0.2) is 0 Å². The standard InChI is InChI=1S/C13H26BrNO2/c1-16-9-5-10-17-11-8-15-7-4-2-3-6-13(15)12-14/h13H,2-12H2,1H3. The molecule has 4 heteroatoms. The summed E-state index contributed by atoms with van der Waals surface area (Å²) in [4.78, 5) is 2.58. The monoisotopic (exact) mass is 307 g/mol. The highest BCUT2D eigenvalue weighted by Crippen LogP contribution is 2.17. The predicted molar refractivity (Wildman–Crippen MR) is 74.9 cm³/mol. The Morgan fingerprint density at radius 2 is 2.06 bits per heavy atom. The molecule has 3 nitrogen and oxygen atoms in total. The summed E-state index contributed by atoms with van der Waals surface area (Å²) < 4.78 is 10.6. The van der Waals surface area contributed by atoms with Gasteiger partial charge in [-0.2, -0.15) is 0 Å². The lowest BCUT2D eigenvalue weighted by atomic mass is 10.1. The first-order chi connectivity index (χ1) is 8.38. The second-order valence-electron chi connectivity index (χ2n) is 4.65. The van der Waals surface area contributed by atoms with Gasteiger partial charge < -0.3 is 9.47 Å². The van der Waals surface area contributed by atoms with Crippen molar-refractivity contribution >= 4 is 15.9 Å². The fourth-order valence-electron chi connectivity index (χ4n) is 2.30. The van der Waals surface area contributed by atoms with Gasteiger partial charge in [-0.05, 0) is 25.8 Å². The van der Waals surface area contributed by atoms with Gasteiger partial charge in [0.2, 0.25) is 0 Å². The van der Waals surface area contributed by atoms with E-state index in [0.29, 0.717) is 6.04 Å². The lowest BCUT2D eigenvalue weighted by molar-refractivity contribution is 0.0757. The van der Waals surface area contributed by atoms with Crippen LogP contribution in [0.25, 0.3) is 0 Å². The lowest BCUT2D eigenvalue weighted by Gasteiger charge is -2.28. The highest BCUT2D eigenvalue weighted by molar-refractivity contribution is 9.09. The van der Waals surface area contributed by atoms with Crippen molar-refractivity contribution in [1.29, 1.82) is 0 Å². The molecule has 1 unspecified atom stereocenters. The summed E-state index contributed by atoms with van der Waals surface area (Å²) in [6, 6.07) is 0.708. The smallest absolute Gasteiger partial charge is 0.0593 e. The van der Waals surface area contributed by atoms with E-state index >= 15 is 0 Å². The first-order valence-corrected chi connectivity index (χ1v) is 7.87. The highest BCUT2D eigenvalue weighted by atomic mass is 79.9. The highest BCUT2D eigenvalue weighted by Gasteiger charge is 2.19. The number of likely N-dealkylation sites (tertiary alicyclic amines) is 1. The van der Waals surface area contributed by atoms with Crippen LogP contribution in [-0.4, -0.2) is 56.3 Å². The quantitative estimate of drug-likeness (QED) is 0.508. The molecular formula is C13H26BrNO2. The van der Waals surface area contributed by atoms with Gasteiger partial charge in [0.25, 0.3) is 0 Å². The second kappa shape index (κ2) is 10.3. The summed E-state index contributed by atoms with van der Waals surface area (Å²) in [5.74, 6) is 0. The van der Waals surface area contributed by atoms with E-state index in [9.17, 15) is 0 Å². The predicted octanol–water partition coefficient (Wildman–Crippen LogP) is 2.68. The molecule has 1 aliphatic rings. The Morgan fingerprint density at radius 1 is 1.18 bits per heavy atom. The number of methoxy groups -OCH3 is 1. The molecule has 0 aliphatic carbocycles. The normalized spacial score (nSPS) is 22.6. The minimum Gasteiger partial charge on any atom is -0.385 e. The maximum absolute atomic E-state index is 5.64. The Labute approximate surface area is 114 Å². The molecule has 0 spiro atoms. The van der Waals surface area contributed by atoms with Gasteiger partial charge in [0.15, 0.2) is 0 Å². The summed E-state index contributed by atoms with van der Waals surface area (Å²) >= 11 is 3.63. The molecule has 0 aromatic heterocycles. The zero-order valence-electron chi connectivity index (χ0n) is 11.0. The first-order valence-electron chi connectivity index (χ1n) is 6.75. The summed E-state index contributed by atoms with van der Waals surface area (Å²) in [7, 11) is 1.73. The van der Waals surface area contributed by atoms with E-state index in [4.69, 9.17) is 9.47 Å². The van der Waals surface area contributed by atoms with E-state index < -0.39 is 0 Å². The van der Waals surface area contributed by atoms with Crippen LogP contribution < -0.4 is 0 Å². The van der Waals surface area contributed by atoms with Crippen molar-refractivity contribution < 1.29 is 9.47 Å². The average Bonchev–Trinajstić information content (AvgIpc) is 2.58. The fraction of sp³-hybridized carbons (Fsp3) is 1.00. The van der Waals surface area contributed by atoms with Crippen molar-refractivity contribution in [3.05, 3.63) is 0 Å². The van der Waals surface area contributed by atoms with Gasteiger partial charge in [-0.1, -0.05) is 28.8 Å². The lowest BCUT2D eigenvalue weighted by Crippen LogP contribution is -2.38. The maximum Gasteiger partial charge on any atom is 0.0593 e. The number of ether oxygens (including phenoxy) is 2. The van der Waals surface area contributed by atoms with Crippen molar-refractivity contribution in [3.63, 3.8) is 0 Å². The summed E-state index contributed by atoms with van der Waals surface area (Å²) in [6.07, 6.45) is 6.43. The van der Waals surface area contributed by atoms with Crippen LogP contribution in [0.2, 0.25) is 0 Å². The zero-order chi connectivity index (χ0) is 12.3. The molecule has 0 radical (unpaired) electrons. The van der Waals surface area contributed by atoms with E-state index in [0.717, 1.165) is 38.1 Å². The first kappa shape index (κ1) is 15.4. The van der Waals surface area contributed by atoms with Gasteiger partial charge in [-0.15, -0.1) is 0 Å². The third-order valence-corrected chi connectivity index (χ3v) is 4.08. The van der Waals surface area contributed by atoms with Gasteiger partial charge in [-0.3, -0.25) is 4.90 Å². The van der Waals surface area contributed by atoms with Gasteiger partial charge in [0.05, 0.1) is 6.61 Å². The van der Waals surface area contributed by atoms with Crippen LogP contribution in [0, 0.1) is 0 Å². The second-order valence-corrected chi connectivity index (χ2v) is 5.30. The molecule has 0 bridgehead atoms. The van der Waals surface area contributed by atoms with Crippen molar-refractivity contribution in [2.24, 2.45) is 0 Å². The number of rotatable bonds is 8. The Bertz CT molecular complexity index is 181. The third-order valence-electron chi connectivity index (χ3n) is 3.34. The van der Waals surface area contributed by atoms with Gasteiger partial charge in [0, 0.05) is 38.2 Å². The molecule has 1 rings (SSSR count). The minimum absolute atomic E-state index is 0.708. The minimum atomic E-state index is 0.708. The third kappa shape index (κ3) is 6.75. The van der Waals surface area contributed by atoms with Crippen LogP contribution in [0.5, 0.6) is 0 Å². The Kier molecular flexibility index (Phi) is 9.34. The zero-order valence-corrected chi connectivity index (χ0v) is 12.6. The molecule has 102 valence electrons. The molecule has 1 atom stereocenters. The van der Waals surface area contributed by atoms with Crippen molar-refractivity contribution in [2.75, 3.05) is 45.4 Å². The summed E-state index contributed by atoms with van der Waals surface area (Å²) in [5, 5.41) is 1.09. The number of nitrogens with zero attached hydrogens (tertiary/aromatic N) is 1. The van der Waals surface area contributed by atoms with Crippen LogP contribution in [0.4, 0.5) is 0 Å². The maximum atomic E-state index is 5.64. The molecule has 0 aromatic rings. The molecule has 0 saturated carbocycles. The topological polar surface area (TPSA) is 21.7 Å². The number of hydrogen-bond donors (Lipinski definition) is 0. The van der Waals surface area contributed by atoms with Gasteiger partial charge >= 0.3 is 0 Å². The number of halogens is 1. The van der Waals surface area contributed by atoms with E-state index in [2.05, 4.69) is 20.8 Å². The Balaban J connectivity index is 2.10. The van der Waals surface area contributed by atoms with Crippen molar-refractivity contribution in [1.82, 2.24) is 4.90 Å². The van der Waals surface area contributed by atoms with Crippen LogP contribution in [0.15, 0.2) is 0 Å². The molecule has 0 N–H and O–H groups in total. The molecule has 0 amide bonds. The van der Waals surface area contributed by atoms with Gasteiger partial charge in [0.1, 0.15) is 0 Å². The Hall–Kier alpha value is 0.360. The van der Waals surface area contributed by atoms with E-state index in [1.54, 1.807) is 7.11 Å². The SMILES string of the molecule is COCCCOCCN1CCCCCC1CBr.